The molecule has 3 atom stereocenters. The summed E-state index contributed by atoms with van der Waals surface area (Å²) in [5, 5.41) is 1.55. The van der Waals surface area contributed by atoms with Crippen LogP contribution in [0.3, 0.4) is 0 Å². The summed E-state index contributed by atoms with van der Waals surface area (Å²) in [5.74, 6) is -0.00651. The Labute approximate surface area is 195 Å². The maximum Gasteiger partial charge on any atom is 0.218 e. The van der Waals surface area contributed by atoms with Crippen molar-refractivity contribution in [3.05, 3.63) is 48.3 Å². The highest BCUT2D eigenvalue weighted by molar-refractivity contribution is 7.93. The molecule has 1 N–H and O–H groups in total. The second kappa shape index (κ2) is 8.23. The van der Waals surface area contributed by atoms with Gasteiger partial charge in [0.25, 0.3) is 0 Å². The minimum absolute atomic E-state index is 0.0291. The number of sulfone groups is 1. The van der Waals surface area contributed by atoms with Gasteiger partial charge in [0.2, 0.25) is 5.95 Å². The third-order valence-electron chi connectivity index (χ3n) is 6.50. The predicted octanol–water partition coefficient (Wildman–Crippen LogP) is 3.75. The van der Waals surface area contributed by atoms with Gasteiger partial charge in [0.05, 0.1) is 30.4 Å². The molecule has 5 rings (SSSR count). The first-order valence-electron chi connectivity index (χ1n) is 10.8. The lowest BCUT2D eigenvalue weighted by molar-refractivity contribution is 0.381. The lowest BCUT2D eigenvalue weighted by Crippen LogP contribution is -2.51. The second-order valence-corrected chi connectivity index (χ2v) is 11.1. The van der Waals surface area contributed by atoms with Gasteiger partial charge in [-0.1, -0.05) is 0 Å². The third kappa shape index (κ3) is 3.67. The third-order valence-corrected chi connectivity index (χ3v) is 9.14. The van der Waals surface area contributed by atoms with Gasteiger partial charge in [0.15, 0.2) is 15.7 Å². The van der Waals surface area contributed by atoms with Crippen molar-refractivity contribution >= 4 is 38.5 Å². The van der Waals surface area contributed by atoms with Gasteiger partial charge in [-0.15, -0.1) is 0 Å². The highest BCUT2D eigenvalue weighted by Crippen LogP contribution is 2.50. The van der Waals surface area contributed by atoms with E-state index >= 15 is 4.39 Å². The van der Waals surface area contributed by atoms with E-state index in [2.05, 4.69) is 25.3 Å². The SMILES string of the molecule is COc1cnc2c(Nc3cnc(F)c(C4(C)N=CC(CF)S(=O)(=O)C4C4CC4)c3)nccc2c1. The molecule has 1 saturated carbocycles. The molecule has 3 unspecified atom stereocenters. The fourth-order valence-corrected chi connectivity index (χ4v) is 7.05. The number of pyridine rings is 3. The average Bonchev–Trinajstić information content (AvgIpc) is 3.64. The topological polar surface area (TPSA) is 106 Å². The summed E-state index contributed by atoms with van der Waals surface area (Å²) < 4.78 is 60.1. The van der Waals surface area contributed by atoms with Crippen molar-refractivity contribution < 1.29 is 21.9 Å². The van der Waals surface area contributed by atoms with Gasteiger partial charge in [-0.05, 0) is 43.9 Å². The molecule has 1 fully saturated rings. The summed E-state index contributed by atoms with van der Waals surface area (Å²) in [6.45, 7) is 0.518. The number of rotatable bonds is 6. The maximum atomic E-state index is 15.0. The Kier molecular flexibility index (Phi) is 5.46. The zero-order chi connectivity index (χ0) is 24.1. The molecule has 1 aliphatic heterocycles. The van der Waals surface area contributed by atoms with E-state index in [-0.39, 0.29) is 11.5 Å². The number of aliphatic imine (C=N–C) groups is 1. The Bertz CT molecular complexity index is 1400. The zero-order valence-corrected chi connectivity index (χ0v) is 19.4. The molecule has 2 aliphatic rings. The highest BCUT2D eigenvalue weighted by Gasteiger charge is 2.57. The molecule has 0 saturated heterocycles. The highest BCUT2D eigenvalue weighted by atomic mass is 32.2. The molecule has 3 aromatic rings. The molecule has 11 heteroatoms. The number of anilines is 2. The summed E-state index contributed by atoms with van der Waals surface area (Å²) in [7, 11) is -2.35. The van der Waals surface area contributed by atoms with Gasteiger partial charge >= 0.3 is 0 Å². The number of methoxy groups -OCH3 is 1. The van der Waals surface area contributed by atoms with Crippen LogP contribution < -0.4 is 10.1 Å². The van der Waals surface area contributed by atoms with Crippen molar-refractivity contribution in [2.75, 3.05) is 19.1 Å². The van der Waals surface area contributed by atoms with Crippen molar-refractivity contribution in [3.63, 3.8) is 0 Å². The largest absolute Gasteiger partial charge is 0.495 e. The quantitative estimate of drug-likeness (QED) is 0.528. The molecule has 0 aromatic carbocycles. The van der Waals surface area contributed by atoms with Crippen LogP contribution in [0.2, 0.25) is 0 Å². The fourth-order valence-electron chi connectivity index (χ4n) is 4.63. The first-order chi connectivity index (χ1) is 16.3. The summed E-state index contributed by atoms with van der Waals surface area (Å²) in [5.41, 5.74) is -0.440. The molecule has 34 heavy (non-hydrogen) atoms. The smallest absolute Gasteiger partial charge is 0.218 e. The van der Waals surface area contributed by atoms with Gasteiger partial charge in [-0.3, -0.25) is 4.99 Å². The average molecular weight is 488 g/mol. The summed E-state index contributed by atoms with van der Waals surface area (Å²) >= 11 is 0. The molecule has 0 bridgehead atoms. The first-order valence-corrected chi connectivity index (χ1v) is 12.4. The van der Waals surface area contributed by atoms with Crippen LogP contribution in [0.25, 0.3) is 10.9 Å². The normalized spacial score (nSPS) is 25.9. The van der Waals surface area contributed by atoms with Gasteiger partial charge in [0, 0.05) is 23.4 Å². The number of halogens is 2. The van der Waals surface area contributed by atoms with E-state index in [1.165, 1.54) is 12.3 Å². The number of nitrogens with zero attached hydrogens (tertiary/aromatic N) is 4. The van der Waals surface area contributed by atoms with E-state index in [1.54, 1.807) is 32.5 Å². The summed E-state index contributed by atoms with van der Waals surface area (Å²) in [4.78, 5) is 17.0. The lowest BCUT2D eigenvalue weighted by atomic mass is 9.86. The van der Waals surface area contributed by atoms with E-state index in [4.69, 9.17) is 4.74 Å². The van der Waals surface area contributed by atoms with E-state index in [0.717, 1.165) is 11.6 Å². The van der Waals surface area contributed by atoms with Crippen LogP contribution in [0.4, 0.5) is 20.3 Å². The van der Waals surface area contributed by atoms with Crippen molar-refractivity contribution in [3.8, 4) is 5.75 Å². The monoisotopic (exact) mass is 487 g/mol. The minimum Gasteiger partial charge on any atom is -0.495 e. The number of ether oxygens (including phenoxy) is 1. The number of aromatic nitrogens is 3. The molecule has 0 amide bonds. The van der Waals surface area contributed by atoms with Gasteiger partial charge in [-0.25, -0.2) is 27.8 Å². The zero-order valence-electron chi connectivity index (χ0n) is 18.6. The van der Waals surface area contributed by atoms with Crippen LogP contribution in [0.1, 0.15) is 25.3 Å². The van der Waals surface area contributed by atoms with E-state index in [9.17, 15) is 12.8 Å². The first kappa shape index (κ1) is 22.6. The van der Waals surface area contributed by atoms with Gasteiger partial charge in [0.1, 0.15) is 28.7 Å². The molecular formula is C23H23F2N5O3S. The van der Waals surface area contributed by atoms with Crippen molar-refractivity contribution in [2.24, 2.45) is 10.9 Å². The molecule has 4 heterocycles. The van der Waals surface area contributed by atoms with Crippen LogP contribution in [0.5, 0.6) is 5.75 Å². The molecule has 3 aromatic heterocycles. The molecule has 178 valence electrons. The Morgan fingerprint density at radius 3 is 2.71 bits per heavy atom. The molecule has 8 nitrogen and oxygen atoms in total. The standard InChI is InChI=1S/C23H23F2N5O3S/c1-23(20(13-3-4-13)34(31,32)17(9-24)12-29-23)18-8-15(10-28-21(18)25)30-22-19-14(5-6-26-22)7-16(33-2)11-27-19/h5-8,10-13,17,20H,3-4,9H2,1-2H3,(H,26,30). The molecule has 1 aliphatic carbocycles. The van der Waals surface area contributed by atoms with E-state index in [1.807, 2.05) is 6.07 Å². The van der Waals surface area contributed by atoms with Crippen LogP contribution in [0.15, 0.2) is 41.8 Å². The number of alkyl halides is 1. The van der Waals surface area contributed by atoms with Crippen LogP contribution in [-0.4, -0.2) is 53.9 Å². The lowest BCUT2D eigenvalue weighted by Gasteiger charge is -2.39. The van der Waals surface area contributed by atoms with E-state index in [0.29, 0.717) is 35.6 Å². The Morgan fingerprint density at radius 1 is 1.21 bits per heavy atom. The van der Waals surface area contributed by atoms with Crippen molar-refractivity contribution in [2.45, 2.75) is 35.8 Å². The van der Waals surface area contributed by atoms with Crippen molar-refractivity contribution in [1.29, 1.82) is 0 Å². The van der Waals surface area contributed by atoms with Crippen molar-refractivity contribution in [1.82, 2.24) is 15.0 Å². The number of fused-ring (bicyclic) bond motifs is 1. The van der Waals surface area contributed by atoms with Gasteiger partial charge in [-0.2, -0.15) is 4.39 Å². The van der Waals surface area contributed by atoms with E-state index < -0.39 is 38.5 Å². The maximum absolute atomic E-state index is 15.0. The molecule has 0 spiro atoms. The van der Waals surface area contributed by atoms with Crippen LogP contribution >= 0.6 is 0 Å². The number of nitrogens with one attached hydrogen (secondary N) is 1. The fraction of sp³-hybridized carbons (Fsp3) is 0.391. The predicted molar refractivity (Wildman–Crippen MR) is 125 cm³/mol. The van der Waals surface area contributed by atoms with Gasteiger partial charge < -0.3 is 10.1 Å². The summed E-state index contributed by atoms with van der Waals surface area (Å²) in [6, 6.07) is 5.09. The minimum atomic E-state index is -3.90. The summed E-state index contributed by atoms with van der Waals surface area (Å²) in [6.07, 6.45) is 6.91. The van der Waals surface area contributed by atoms with Crippen LogP contribution in [-0.2, 0) is 15.4 Å². The Hall–Kier alpha value is -3.21. The number of hydrogen-bond acceptors (Lipinski definition) is 8. The molecular weight excluding hydrogens is 464 g/mol. The van der Waals surface area contributed by atoms with Crippen LogP contribution in [0, 0.1) is 11.9 Å². The Balaban J connectivity index is 1.57. The number of hydrogen-bond donors (Lipinski definition) is 1. The second-order valence-electron chi connectivity index (χ2n) is 8.76. The Morgan fingerprint density at radius 2 is 2.00 bits per heavy atom. The molecule has 0 radical (unpaired) electrons.